The van der Waals surface area contributed by atoms with Crippen molar-refractivity contribution in [3.8, 4) is 22.3 Å². The maximum atomic E-state index is 6.08. The first-order valence-electron chi connectivity index (χ1n) is 18.0. The number of benzene rings is 8. The van der Waals surface area contributed by atoms with E-state index < -0.39 is 0 Å². The minimum atomic E-state index is 0.909. The van der Waals surface area contributed by atoms with Gasteiger partial charge in [0, 0.05) is 40.6 Å². The fourth-order valence-electron chi connectivity index (χ4n) is 7.75. The normalized spacial score (nSPS) is 12.2. The predicted octanol–water partition coefficient (Wildman–Crippen LogP) is 13.9. The van der Waals surface area contributed by atoms with Crippen molar-refractivity contribution < 1.29 is 4.42 Å². The molecule has 1 aliphatic heterocycles. The molecule has 0 spiro atoms. The molecule has 9 aromatic rings. The highest BCUT2D eigenvalue weighted by Gasteiger charge is 2.27. The lowest BCUT2D eigenvalue weighted by Crippen LogP contribution is -2.24. The zero-order chi connectivity index (χ0) is 35.3. The van der Waals surface area contributed by atoms with Crippen LogP contribution in [-0.2, 0) is 0 Å². The molecule has 0 saturated heterocycles. The van der Waals surface area contributed by atoms with E-state index >= 15 is 0 Å². The van der Waals surface area contributed by atoms with Gasteiger partial charge >= 0.3 is 0 Å². The summed E-state index contributed by atoms with van der Waals surface area (Å²) in [6.45, 7) is 0. The minimum Gasteiger partial charge on any atom is -0.456 e. The Labute approximate surface area is 309 Å². The molecule has 252 valence electrons. The molecule has 0 N–H and O–H groups in total. The molecule has 4 nitrogen and oxygen atoms in total. The van der Waals surface area contributed by atoms with Gasteiger partial charge in [0.05, 0.1) is 22.7 Å². The quantitative estimate of drug-likeness (QED) is 0.174. The van der Waals surface area contributed by atoms with Gasteiger partial charge in [0.2, 0.25) is 0 Å². The predicted molar refractivity (Wildman–Crippen MR) is 222 cm³/mol. The van der Waals surface area contributed by atoms with Gasteiger partial charge in [-0.2, -0.15) is 0 Å². The summed E-state index contributed by atoms with van der Waals surface area (Å²) in [6, 6.07) is 69.1. The molecule has 0 amide bonds. The Morgan fingerprint density at radius 2 is 0.887 bits per heavy atom. The number of anilines is 8. The molecule has 0 bridgehead atoms. The van der Waals surface area contributed by atoms with Crippen LogP contribution in [-0.4, -0.2) is 7.05 Å². The summed E-state index contributed by atoms with van der Waals surface area (Å²) >= 11 is 0. The van der Waals surface area contributed by atoms with E-state index in [-0.39, 0.29) is 0 Å². The summed E-state index contributed by atoms with van der Waals surface area (Å²) in [4.78, 5) is 6.98. The van der Waals surface area contributed by atoms with Crippen molar-refractivity contribution >= 4 is 67.4 Å². The van der Waals surface area contributed by atoms with Crippen LogP contribution in [0.15, 0.2) is 199 Å². The summed E-state index contributed by atoms with van der Waals surface area (Å²) in [5.41, 5.74) is 15.6. The molecule has 1 aliphatic rings. The molecular weight excluding hydrogens is 647 g/mol. The van der Waals surface area contributed by atoms with Gasteiger partial charge < -0.3 is 19.1 Å². The molecule has 10 rings (SSSR count). The van der Waals surface area contributed by atoms with E-state index in [4.69, 9.17) is 4.42 Å². The van der Waals surface area contributed by atoms with Crippen LogP contribution in [0.25, 0.3) is 44.2 Å². The summed E-state index contributed by atoms with van der Waals surface area (Å²) in [5.74, 6) is 0. The van der Waals surface area contributed by atoms with Crippen molar-refractivity contribution in [2.45, 2.75) is 0 Å². The lowest BCUT2D eigenvalue weighted by atomic mass is 10.00. The van der Waals surface area contributed by atoms with Crippen molar-refractivity contribution in [1.82, 2.24) is 0 Å². The zero-order valence-electron chi connectivity index (χ0n) is 29.2. The van der Waals surface area contributed by atoms with E-state index in [0.29, 0.717) is 0 Å². The Kier molecular flexibility index (Phi) is 7.33. The molecule has 53 heavy (non-hydrogen) atoms. The smallest absolute Gasteiger partial charge is 0.135 e. The SMILES string of the molecule is CN1c2ccccc2N(c2ccccc2)c2ccc(-c3ccc(N(c4ccccc4)c4ccc(-c5ccc6oc7ccccc7c6c5)cc4)cc3)cc21. The minimum absolute atomic E-state index is 0.909. The lowest BCUT2D eigenvalue weighted by molar-refractivity contribution is 0.669. The van der Waals surface area contributed by atoms with Gasteiger partial charge in [-0.25, -0.2) is 0 Å². The number of hydrogen-bond donors (Lipinski definition) is 0. The monoisotopic (exact) mass is 681 g/mol. The Hall–Kier alpha value is -7.04. The first-order chi connectivity index (χ1) is 26.2. The Morgan fingerprint density at radius 3 is 1.60 bits per heavy atom. The second-order valence-corrected chi connectivity index (χ2v) is 13.5. The van der Waals surface area contributed by atoms with Crippen molar-refractivity contribution in [2.75, 3.05) is 21.7 Å². The second-order valence-electron chi connectivity index (χ2n) is 13.5. The Balaban J connectivity index is 0.987. The molecule has 4 heteroatoms. The summed E-state index contributed by atoms with van der Waals surface area (Å²) in [7, 11) is 2.16. The van der Waals surface area contributed by atoms with Gasteiger partial charge in [0.25, 0.3) is 0 Å². The van der Waals surface area contributed by atoms with Crippen molar-refractivity contribution in [1.29, 1.82) is 0 Å². The van der Waals surface area contributed by atoms with Crippen LogP contribution in [0.2, 0.25) is 0 Å². The molecule has 0 radical (unpaired) electrons. The average molecular weight is 682 g/mol. The maximum absolute atomic E-state index is 6.08. The van der Waals surface area contributed by atoms with Crippen LogP contribution in [0, 0.1) is 0 Å². The largest absolute Gasteiger partial charge is 0.456 e. The van der Waals surface area contributed by atoms with Gasteiger partial charge in [-0.1, -0.05) is 103 Å². The van der Waals surface area contributed by atoms with Crippen molar-refractivity contribution in [3.63, 3.8) is 0 Å². The molecule has 2 heterocycles. The molecule has 8 aromatic carbocycles. The van der Waals surface area contributed by atoms with Crippen LogP contribution in [0.1, 0.15) is 0 Å². The van der Waals surface area contributed by atoms with E-state index in [1.165, 1.54) is 28.2 Å². The molecule has 0 unspecified atom stereocenters. The summed E-state index contributed by atoms with van der Waals surface area (Å²) < 4.78 is 6.08. The van der Waals surface area contributed by atoms with Crippen LogP contribution in [0.5, 0.6) is 0 Å². The van der Waals surface area contributed by atoms with Crippen molar-refractivity contribution in [2.24, 2.45) is 0 Å². The van der Waals surface area contributed by atoms with Gasteiger partial charge in [-0.15, -0.1) is 0 Å². The van der Waals surface area contributed by atoms with Gasteiger partial charge in [-0.05, 0) is 113 Å². The average Bonchev–Trinajstić information content (AvgIpc) is 3.60. The number of furan rings is 1. The molecule has 0 atom stereocenters. The number of fused-ring (bicyclic) bond motifs is 5. The second kappa shape index (κ2) is 12.6. The van der Waals surface area contributed by atoms with Crippen LogP contribution in [0.4, 0.5) is 45.5 Å². The standard InChI is InChI=1S/C49H35N3O/c1-50-44-17-9-10-18-45(44)52(39-14-6-3-7-15-39)46-30-24-37(33-47(46)50)35-22-28-41(29-23-35)51(38-12-4-2-5-13-38)40-26-20-34(21-27-40)36-25-31-49-43(32-36)42-16-8-11-19-48(42)53-49/h2-33H,1H3. The first-order valence-corrected chi connectivity index (χ1v) is 18.0. The van der Waals surface area contributed by atoms with Crippen LogP contribution in [0.3, 0.4) is 0 Å². The summed E-state index contributed by atoms with van der Waals surface area (Å²) in [5, 5.41) is 2.28. The topological polar surface area (TPSA) is 22.9 Å². The zero-order valence-corrected chi connectivity index (χ0v) is 29.2. The Morgan fingerprint density at radius 1 is 0.377 bits per heavy atom. The number of rotatable bonds is 6. The first kappa shape index (κ1) is 30.8. The van der Waals surface area contributed by atoms with Gasteiger partial charge in [0.1, 0.15) is 11.2 Å². The van der Waals surface area contributed by atoms with Crippen LogP contribution >= 0.6 is 0 Å². The van der Waals surface area contributed by atoms with E-state index in [9.17, 15) is 0 Å². The van der Waals surface area contributed by atoms with E-state index in [1.54, 1.807) is 0 Å². The van der Waals surface area contributed by atoms with Gasteiger partial charge in [-0.3, -0.25) is 0 Å². The highest BCUT2D eigenvalue weighted by molar-refractivity contribution is 6.06. The fourth-order valence-corrected chi connectivity index (χ4v) is 7.75. The molecule has 0 fully saturated rings. The third-order valence-corrected chi connectivity index (χ3v) is 10.4. The molecule has 0 aliphatic carbocycles. The van der Waals surface area contributed by atoms with Crippen molar-refractivity contribution in [3.05, 3.63) is 194 Å². The molecule has 1 aromatic heterocycles. The number of para-hydroxylation sites is 5. The van der Waals surface area contributed by atoms with E-state index in [0.717, 1.165) is 61.5 Å². The maximum Gasteiger partial charge on any atom is 0.135 e. The van der Waals surface area contributed by atoms with Crippen LogP contribution < -0.4 is 14.7 Å². The van der Waals surface area contributed by atoms with Gasteiger partial charge in [0.15, 0.2) is 0 Å². The third-order valence-electron chi connectivity index (χ3n) is 10.4. The highest BCUT2D eigenvalue weighted by atomic mass is 16.3. The molecule has 0 saturated carbocycles. The fraction of sp³-hybridized carbons (Fsp3) is 0.0204. The Bertz CT molecular complexity index is 2740. The number of hydrogen-bond acceptors (Lipinski definition) is 4. The third kappa shape index (κ3) is 5.31. The van der Waals surface area contributed by atoms with E-state index in [1.807, 2.05) is 12.1 Å². The molecular formula is C49H35N3O. The summed E-state index contributed by atoms with van der Waals surface area (Å²) in [6.07, 6.45) is 0. The number of nitrogens with zero attached hydrogens (tertiary/aromatic N) is 3. The lowest BCUT2D eigenvalue weighted by Gasteiger charge is -2.38. The highest BCUT2D eigenvalue weighted by Crippen LogP contribution is 2.51. The van der Waals surface area contributed by atoms with E-state index in [2.05, 4.69) is 204 Å².